The van der Waals surface area contributed by atoms with Gasteiger partial charge in [-0.05, 0) is 73.3 Å². The van der Waals surface area contributed by atoms with Crippen LogP contribution in [0.2, 0.25) is 0 Å². The van der Waals surface area contributed by atoms with Gasteiger partial charge in [-0.25, -0.2) is 13.6 Å². The molecular weight excluding hydrogens is 506 g/mol. The van der Waals surface area contributed by atoms with Gasteiger partial charge in [-0.2, -0.15) is 0 Å². The van der Waals surface area contributed by atoms with E-state index < -0.39 is 64.2 Å². The molecule has 0 aromatic heterocycles. The lowest BCUT2D eigenvalue weighted by Crippen LogP contribution is -2.69. The number of alkyl halides is 2. The summed E-state index contributed by atoms with van der Waals surface area (Å²) >= 11 is 0. The summed E-state index contributed by atoms with van der Waals surface area (Å²) in [6, 6.07) is 8.56. The summed E-state index contributed by atoms with van der Waals surface area (Å²) < 4.78 is 33.1. The first-order chi connectivity index (χ1) is 18.4. The largest absolute Gasteiger partial charge is 0.390 e. The average molecular weight is 541 g/mol. The Morgan fingerprint density at radius 2 is 1.87 bits per heavy atom. The van der Waals surface area contributed by atoms with Crippen LogP contribution in [0.25, 0.3) is 0 Å². The fourth-order valence-corrected chi connectivity index (χ4v) is 9.30. The zero-order valence-corrected chi connectivity index (χ0v) is 22.1. The van der Waals surface area contributed by atoms with Crippen LogP contribution in [0.15, 0.2) is 54.1 Å². The molecule has 3 saturated carbocycles. The van der Waals surface area contributed by atoms with Gasteiger partial charge in [0.1, 0.15) is 12.8 Å². The fourth-order valence-electron chi connectivity index (χ4n) is 9.30. The van der Waals surface area contributed by atoms with Gasteiger partial charge in [0.15, 0.2) is 17.2 Å². The molecule has 1 aliphatic heterocycles. The van der Waals surface area contributed by atoms with Crippen LogP contribution >= 0.6 is 0 Å². The number of aliphatic hydroxyl groups excluding tert-OH is 2. The molecule has 3 N–H and O–H groups in total. The molecule has 1 aromatic carbocycles. The first kappa shape index (κ1) is 26.3. The van der Waals surface area contributed by atoms with Crippen molar-refractivity contribution in [2.45, 2.75) is 51.1 Å². The second-order valence-corrected chi connectivity index (χ2v) is 12.5. The van der Waals surface area contributed by atoms with E-state index in [1.165, 1.54) is 12.2 Å². The SMILES string of the molecule is C[C@]12C=CC(=O)C=C1[C@@H](F)C[C@H]1[C@@H]3C[C@H]4CN(C(=O)Nc5ccccc5)C[C@@]4(C(=O)CO)[C@@]3(C)C[C@H](O)[C@@]12F. The number of hydrogen-bond acceptors (Lipinski definition) is 5. The number of ketones is 2. The van der Waals surface area contributed by atoms with E-state index in [1.807, 2.05) is 13.0 Å². The molecular formula is C30H34F2N2O5. The zero-order chi connectivity index (χ0) is 28.0. The molecule has 0 spiro atoms. The van der Waals surface area contributed by atoms with Crippen molar-refractivity contribution in [3.63, 3.8) is 0 Å². The Morgan fingerprint density at radius 1 is 1.15 bits per heavy atom. The van der Waals surface area contributed by atoms with Crippen molar-refractivity contribution >= 4 is 23.3 Å². The molecule has 0 unspecified atom stereocenters. The van der Waals surface area contributed by atoms with Crippen molar-refractivity contribution < 1.29 is 33.4 Å². The minimum absolute atomic E-state index is 0.0251. The number of fused-ring (bicyclic) bond motifs is 7. The number of para-hydroxylation sites is 1. The summed E-state index contributed by atoms with van der Waals surface area (Å²) in [5.74, 6) is -2.60. The highest BCUT2D eigenvalue weighted by Gasteiger charge is 2.78. The average Bonchev–Trinajstić information content (AvgIpc) is 3.41. The number of carbonyl (C=O) groups is 3. The van der Waals surface area contributed by atoms with Crippen LogP contribution in [-0.4, -0.2) is 70.4 Å². The van der Waals surface area contributed by atoms with Gasteiger partial charge in [-0.1, -0.05) is 31.2 Å². The van der Waals surface area contributed by atoms with Crippen LogP contribution in [0, 0.1) is 34.0 Å². The van der Waals surface area contributed by atoms with E-state index in [0.717, 1.165) is 6.08 Å². The number of nitrogens with zero attached hydrogens (tertiary/aromatic N) is 1. The number of benzene rings is 1. The summed E-state index contributed by atoms with van der Waals surface area (Å²) in [6.07, 6.45) is 0.769. The Bertz CT molecular complexity index is 1300. The first-order valence-corrected chi connectivity index (χ1v) is 13.6. The van der Waals surface area contributed by atoms with E-state index >= 15 is 8.78 Å². The van der Waals surface area contributed by atoms with Gasteiger partial charge in [0, 0.05) is 30.1 Å². The molecule has 208 valence electrons. The number of nitrogens with one attached hydrogen (secondary N) is 1. The van der Waals surface area contributed by atoms with Gasteiger partial charge in [-0.3, -0.25) is 9.59 Å². The molecule has 39 heavy (non-hydrogen) atoms. The third-order valence-corrected chi connectivity index (χ3v) is 11.1. The second-order valence-electron chi connectivity index (χ2n) is 12.5. The molecule has 1 aromatic rings. The number of amides is 2. The van der Waals surface area contributed by atoms with Gasteiger partial charge in [0.25, 0.3) is 0 Å². The molecule has 0 radical (unpaired) electrons. The van der Waals surface area contributed by atoms with Gasteiger partial charge >= 0.3 is 6.03 Å². The Labute approximate surface area is 225 Å². The minimum Gasteiger partial charge on any atom is -0.390 e. The fraction of sp³-hybridized carbons (Fsp3) is 0.567. The number of hydrogen-bond donors (Lipinski definition) is 3. The van der Waals surface area contributed by atoms with Crippen molar-refractivity contribution in [3.8, 4) is 0 Å². The lowest BCUT2D eigenvalue weighted by Gasteiger charge is -2.63. The maximum atomic E-state index is 17.4. The van der Waals surface area contributed by atoms with Crippen molar-refractivity contribution in [3.05, 3.63) is 54.1 Å². The van der Waals surface area contributed by atoms with E-state index in [9.17, 15) is 24.6 Å². The number of anilines is 1. The lowest BCUT2D eigenvalue weighted by atomic mass is 9.43. The van der Waals surface area contributed by atoms with Gasteiger partial charge in [-0.15, -0.1) is 0 Å². The standard InChI is InChI=1S/C30H34F2N2O5/c1-27-9-8-19(36)11-22(27)23(31)12-21-20-10-17-14-34(26(39)33-18-6-4-3-5-7-18)16-29(17,25(38)15-35)28(20,2)13-24(37)30(21,27)32/h3-9,11,17,20-21,23-24,35,37H,10,12-16H2,1-2H3,(H,33,39)/t17-,20-,21-,23-,24-,27-,28-,29+,30-/m0/s1. The monoisotopic (exact) mass is 540 g/mol. The third kappa shape index (κ3) is 3.23. The number of Topliss-reactive ketones (excluding diaryl/α,β-unsaturated/α-hetero) is 1. The summed E-state index contributed by atoms with van der Waals surface area (Å²) in [7, 11) is 0. The highest BCUT2D eigenvalue weighted by molar-refractivity contribution is 6.01. The first-order valence-electron chi connectivity index (χ1n) is 13.6. The second kappa shape index (κ2) is 8.54. The predicted molar refractivity (Wildman–Crippen MR) is 139 cm³/mol. The van der Waals surface area contributed by atoms with E-state index in [-0.39, 0.29) is 43.5 Å². The van der Waals surface area contributed by atoms with Crippen LogP contribution in [0.3, 0.4) is 0 Å². The highest BCUT2D eigenvalue weighted by atomic mass is 19.1. The minimum atomic E-state index is -2.24. The molecule has 4 aliphatic carbocycles. The van der Waals surface area contributed by atoms with Crippen molar-refractivity contribution in [2.24, 2.45) is 34.0 Å². The number of rotatable bonds is 3. The number of carbonyl (C=O) groups excluding carboxylic acids is 3. The molecule has 7 nitrogen and oxygen atoms in total. The molecule has 1 heterocycles. The molecule has 1 saturated heterocycles. The van der Waals surface area contributed by atoms with Crippen LogP contribution in [-0.2, 0) is 9.59 Å². The van der Waals surface area contributed by atoms with Crippen LogP contribution in [0.4, 0.5) is 19.3 Å². The quantitative estimate of drug-likeness (QED) is 0.543. The van der Waals surface area contributed by atoms with Crippen LogP contribution < -0.4 is 5.32 Å². The van der Waals surface area contributed by atoms with Crippen LogP contribution in [0.5, 0.6) is 0 Å². The Balaban J connectivity index is 1.38. The topological polar surface area (TPSA) is 107 Å². The predicted octanol–water partition coefficient (Wildman–Crippen LogP) is 3.63. The smallest absolute Gasteiger partial charge is 0.321 e. The number of allylic oxidation sites excluding steroid dienone is 4. The molecule has 4 fully saturated rings. The summed E-state index contributed by atoms with van der Waals surface area (Å²) in [5.41, 5.74) is -5.27. The van der Waals surface area contributed by atoms with Crippen molar-refractivity contribution in [1.82, 2.24) is 4.90 Å². The normalized spacial score (nSPS) is 44.2. The molecule has 9 heteroatoms. The zero-order valence-electron chi connectivity index (χ0n) is 22.1. The maximum absolute atomic E-state index is 17.4. The molecule has 0 bridgehead atoms. The van der Waals surface area contributed by atoms with Gasteiger partial charge in [0.05, 0.1) is 11.5 Å². The number of likely N-dealkylation sites (tertiary alicyclic amines) is 1. The Morgan fingerprint density at radius 3 is 2.56 bits per heavy atom. The molecule has 5 aliphatic rings. The van der Waals surface area contributed by atoms with E-state index in [0.29, 0.717) is 12.1 Å². The summed E-state index contributed by atoms with van der Waals surface area (Å²) in [4.78, 5) is 40.5. The van der Waals surface area contributed by atoms with E-state index in [4.69, 9.17) is 0 Å². The number of aliphatic hydroxyl groups is 2. The van der Waals surface area contributed by atoms with Crippen molar-refractivity contribution in [2.75, 3.05) is 25.0 Å². The molecule has 6 rings (SSSR count). The van der Waals surface area contributed by atoms with Gasteiger partial charge in [0.2, 0.25) is 0 Å². The summed E-state index contributed by atoms with van der Waals surface area (Å²) in [5, 5.41) is 24.5. The molecule has 9 atom stereocenters. The number of urea groups is 1. The van der Waals surface area contributed by atoms with E-state index in [1.54, 1.807) is 36.1 Å². The van der Waals surface area contributed by atoms with Crippen molar-refractivity contribution in [1.29, 1.82) is 0 Å². The number of halogens is 2. The Kier molecular flexibility index (Phi) is 5.77. The van der Waals surface area contributed by atoms with Crippen LogP contribution in [0.1, 0.15) is 33.1 Å². The van der Waals surface area contributed by atoms with Gasteiger partial charge < -0.3 is 20.4 Å². The highest BCUT2D eigenvalue weighted by Crippen LogP contribution is 2.74. The third-order valence-electron chi connectivity index (χ3n) is 11.1. The van der Waals surface area contributed by atoms with E-state index in [2.05, 4.69) is 5.32 Å². The molecule has 2 amide bonds. The summed E-state index contributed by atoms with van der Waals surface area (Å²) in [6.45, 7) is 2.90. The maximum Gasteiger partial charge on any atom is 0.321 e. The lowest BCUT2D eigenvalue weighted by molar-refractivity contribution is -0.211. The Hall–Kier alpha value is -2.91.